The van der Waals surface area contributed by atoms with Gasteiger partial charge >= 0.3 is 0 Å². The van der Waals surface area contributed by atoms with Gasteiger partial charge < -0.3 is 5.73 Å². The number of nitrogen functional groups attached to an aromatic ring is 1. The molecule has 2 heterocycles. The highest BCUT2D eigenvalue weighted by molar-refractivity contribution is 5.94. The third-order valence-electron chi connectivity index (χ3n) is 2.34. The van der Waals surface area contributed by atoms with Gasteiger partial charge in [-0.1, -0.05) is 6.92 Å². The van der Waals surface area contributed by atoms with Crippen LogP contribution in [0.5, 0.6) is 0 Å². The van der Waals surface area contributed by atoms with E-state index < -0.39 is 0 Å². The fourth-order valence-corrected chi connectivity index (χ4v) is 1.49. The molecule has 0 saturated heterocycles. The lowest BCUT2D eigenvalue weighted by molar-refractivity contribution is 0.867. The Labute approximate surface area is 93.5 Å². The molecule has 2 aromatic heterocycles. The molecule has 82 valence electrons. The molecular weight excluding hydrogens is 202 g/mol. The normalized spacial score (nSPS) is 10.3. The molecular formula is C11H13N5. The highest BCUT2D eigenvalue weighted by Crippen LogP contribution is 2.09. The monoisotopic (exact) mass is 215 g/mol. The Hall–Kier alpha value is -2.17. The lowest BCUT2D eigenvalue weighted by Crippen LogP contribution is -2.12. The average molecular weight is 215 g/mol. The van der Waals surface area contributed by atoms with Crippen LogP contribution < -0.4 is 5.73 Å². The van der Waals surface area contributed by atoms with E-state index in [1.807, 2.05) is 23.8 Å². The molecule has 16 heavy (non-hydrogen) atoms. The number of hydrogen-bond donors (Lipinski definition) is 2. The molecule has 0 aliphatic carbocycles. The van der Waals surface area contributed by atoms with Crippen molar-refractivity contribution in [1.29, 1.82) is 5.41 Å². The fourth-order valence-electron chi connectivity index (χ4n) is 1.49. The van der Waals surface area contributed by atoms with Gasteiger partial charge in [0, 0.05) is 30.6 Å². The van der Waals surface area contributed by atoms with Crippen LogP contribution in [0.25, 0.3) is 5.82 Å². The first-order chi connectivity index (χ1) is 7.72. The lowest BCUT2D eigenvalue weighted by atomic mass is 10.2. The molecule has 0 unspecified atom stereocenters. The van der Waals surface area contributed by atoms with E-state index in [1.165, 1.54) is 0 Å². The maximum Gasteiger partial charge on any atom is 0.138 e. The van der Waals surface area contributed by atoms with Crippen LogP contribution in [0.1, 0.15) is 18.3 Å². The molecule has 0 radical (unpaired) electrons. The third-order valence-corrected chi connectivity index (χ3v) is 2.34. The number of aryl methyl sites for hydroxylation is 1. The number of amidine groups is 1. The van der Waals surface area contributed by atoms with Crippen LogP contribution in [0.15, 0.2) is 30.7 Å². The molecule has 0 saturated carbocycles. The van der Waals surface area contributed by atoms with Crippen LogP contribution in [0.3, 0.4) is 0 Å². The predicted octanol–water partition coefficient (Wildman–Crippen LogP) is 1.11. The Bertz CT molecular complexity index is 497. The summed E-state index contributed by atoms with van der Waals surface area (Å²) < 4.78 is 1.92. The highest BCUT2D eigenvalue weighted by Gasteiger charge is 2.04. The van der Waals surface area contributed by atoms with Crippen LogP contribution in [-0.2, 0) is 6.42 Å². The average Bonchev–Trinajstić information content (AvgIpc) is 2.77. The SMILES string of the molecule is CCc1nccn1-c1ccc(C(=N)N)cn1. The quantitative estimate of drug-likeness (QED) is 0.594. The molecule has 5 nitrogen and oxygen atoms in total. The zero-order valence-corrected chi connectivity index (χ0v) is 9.01. The maximum absolute atomic E-state index is 7.28. The summed E-state index contributed by atoms with van der Waals surface area (Å²) in [6, 6.07) is 3.61. The Balaban J connectivity index is 2.38. The smallest absolute Gasteiger partial charge is 0.138 e. The Morgan fingerprint density at radius 3 is 2.81 bits per heavy atom. The van der Waals surface area contributed by atoms with E-state index in [4.69, 9.17) is 11.1 Å². The number of nitrogens with zero attached hydrogens (tertiary/aromatic N) is 3. The molecule has 0 bridgehead atoms. The minimum atomic E-state index is 0.0281. The van der Waals surface area contributed by atoms with E-state index in [0.717, 1.165) is 18.1 Å². The van der Waals surface area contributed by atoms with E-state index in [-0.39, 0.29) is 5.84 Å². The number of aromatic nitrogens is 3. The lowest BCUT2D eigenvalue weighted by Gasteiger charge is -2.05. The summed E-state index contributed by atoms with van der Waals surface area (Å²) >= 11 is 0. The third kappa shape index (κ3) is 1.79. The van der Waals surface area contributed by atoms with Gasteiger partial charge in [0.1, 0.15) is 17.5 Å². The van der Waals surface area contributed by atoms with Crippen molar-refractivity contribution in [2.75, 3.05) is 0 Å². The summed E-state index contributed by atoms with van der Waals surface area (Å²) in [4.78, 5) is 8.48. The second-order valence-electron chi connectivity index (χ2n) is 3.39. The zero-order valence-electron chi connectivity index (χ0n) is 9.01. The van der Waals surface area contributed by atoms with Crippen molar-refractivity contribution in [3.63, 3.8) is 0 Å². The van der Waals surface area contributed by atoms with Gasteiger partial charge in [0.2, 0.25) is 0 Å². The number of nitrogens with one attached hydrogen (secondary N) is 1. The van der Waals surface area contributed by atoms with Crippen molar-refractivity contribution in [2.45, 2.75) is 13.3 Å². The summed E-state index contributed by atoms with van der Waals surface area (Å²) in [6.07, 6.45) is 6.06. The molecule has 0 amide bonds. The summed E-state index contributed by atoms with van der Waals surface area (Å²) in [5.74, 6) is 1.78. The molecule has 0 aliphatic heterocycles. The van der Waals surface area contributed by atoms with Crippen molar-refractivity contribution >= 4 is 5.84 Å². The van der Waals surface area contributed by atoms with Crippen molar-refractivity contribution in [3.05, 3.63) is 42.1 Å². The van der Waals surface area contributed by atoms with E-state index in [0.29, 0.717) is 5.56 Å². The van der Waals surface area contributed by atoms with E-state index in [9.17, 15) is 0 Å². The fraction of sp³-hybridized carbons (Fsp3) is 0.182. The molecule has 0 aromatic carbocycles. The maximum atomic E-state index is 7.28. The van der Waals surface area contributed by atoms with Gasteiger partial charge in [0.25, 0.3) is 0 Å². The second-order valence-corrected chi connectivity index (χ2v) is 3.39. The Morgan fingerprint density at radius 2 is 2.25 bits per heavy atom. The highest BCUT2D eigenvalue weighted by atomic mass is 15.1. The number of rotatable bonds is 3. The largest absolute Gasteiger partial charge is 0.384 e. The van der Waals surface area contributed by atoms with Gasteiger partial charge in [-0.05, 0) is 12.1 Å². The Kier molecular flexibility index (Phi) is 2.68. The van der Waals surface area contributed by atoms with Crippen LogP contribution in [-0.4, -0.2) is 20.4 Å². The number of hydrogen-bond acceptors (Lipinski definition) is 3. The topological polar surface area (TPSA) is 80.6 Å². The predicted molar refractivity (Wildman–Crippen MR) is 61.8 cm³/mol. The first-order valence-electron chi connectivity index (χ1n) is 5.05. The van der Waals surface area contributed by atoms with Gasteiger partial charge in [-0.3, -0.25) is 9.98 Å². The van der Waals surface area contributed by atoms with Gasteiger partial charge in [-0.2, -0.15) is 0 Å². The van der Waals surface area contributed by atoms with Crippen molar-refractivity contribution < 1.29 is 0 Å². The van der Waals surface area contributed by atoms with Crippen LogP contribution in [0, 0.1) is 5.41 Å². The van der Waals surface area contributed by atoms with Crippen molar-refractivity contribution in [1.82, 2.24) is 14.5 Å². The summed E-state index contributed by atoms with van der Waals surface area (Å²) in [5.41, 5.74) is 5.99. The van der Waals surface area contributed by atoms with E-state index in [2.05, 4.69) is 9.97 Å². The van der Waals surface area contributed by atoms with Crippen LogP contribution in [0.2, 0.25) is 0 Å². The van der Waals surface area contributed by atoms with Gasteiger partial charge in [-0.25, -0.2) is 9.97 Å². The van der Waals surface area contributed by atoms with Crippen LogP contribution in [0.4, 0.5) is 0 Å². The molecule has 0 spiro atoms. The molecule has 2 rings (SSSR count). The molecule has 2 aromatic rings. The molecule has 0 atom stereocenters. The molecule has 5 heteroatoms. The first kappa shape index (κ1) is 10.4. The number of nitrogens with two attached hydrogens (primary N) is 1. The summed E-state index contributed by atoms with van der Waals surface area (Å²) in [6.45, 7) is 2.04. The molecule has 0 fully saturated rings. The summed E-state index contributed by atoms with van der Waals surface area (Å²) in [5, 5.41) is 7.28. The van der Waals surface area contributed by atoms with Gasteiger partial charge in [-0.15, -0.1) is 0 Å². The minimum Gasteiger partial charge on any atom is -0.384 e. The number of pyridine rings is 1. The second kappa shape index (κ2) is 4.14. The molecule has 0 aliphatic rings. The first-order valence-corrected chi connectivity index (χ1v) is 5.05. The van der Waals surface area contributed by atoms with E-state index >= 15 is 0 Å². The van der Waals surface area contributed by atoms with E-state index in [1.54, 1.807) is 18.5 Å². The van der Waals surface area contributed by atoms with Gasteiger partial charge in [0.05, 0.1) is 0 Å². The van der Waals surface area contributed by atoms with Gasteiger partial charge in [0.15, 0.2) is 0 Å². The van der Waals surface area contributed by atoms with Crippen molar-refractivity contribution in [2.24, 2.45) is 5.73 Å². The van der Waals surface area contributed by atoms with Crippen LogP contribution >= 0.6 is 0 Å². The zero-order chi connectivity index (χ0) is 11.5. The summed E-state index contributed by atoms with van der Waals surface area (Å²) in [7, 11) is 0. The number of imidazole rings is 1. The van der Waals surface area contributed by atoms with Crippen molar-refractivity contribution in [3.8, 4) is 5.82 Å². The minimum absolute atomic E-state index is 0.0281. The Morgan fingerprint density at radius 1 is 1.44 bits per heavy atom. The standard InChI is InChI=1S/C11H13N5/c1-2-9-14-5-6-16(9)10-4-3-8(7-15-10)11(12)13/h3-7H,2H2,1H3,(H3,12,13). The molecule has 3 N–H and O–H groups in total.